The van der Waals surface area contributed by atoms with Crippen LogP contribution in [0.4, 0.5) is 4.79 Å². The Morgan fingerprint density at radius 2 is 2.23 bits per heavy atom. The minimum atomic E-state index is -0.493. The fourth-order valence-corrected chi connectivity index (χ4v) is 3.50. The Hall–Kier alpha value is -2.25. The zero-order chi connectivity index (χ0) is 18.7. The van der Waals surface area contributed by atoms with E-state index in [1.807, 2.05) is 24.3 Å². The molecule has 0 radical (unpaired) electrons. The summed E-state index contributed by atoms with van der Waals surface area (Å²) < 4.78 is 0. The second-order valence-electron chi connectivity index (χ2n) is 6.59. The van der Waals surface area contributed by atoms with Crippen LogP contribution in [0.1, 0.15) is 18.5 Å². The summed E-state index contributed by atoms with van der Waals surface area (Å²) in [6, 6.07) is 7.32. The lowest BCUT2D eigenvalue weighted by molar-refractivity contribution is -0.136. The highest BCUT2D eigenvalue weighted by molar-refractivity contribution is 6.31. The average Bonchev–Trinajstić information content (AvgIpc) is 3.06. The Kier molecular flexibility index (Phi) is 5.68. The van der Waals surface area contributed by atoms with Crippen molar-refractivity contribution < 1.29 is 14.7 Å². The lowest BCUT2D eigenvalue weighted by Crippen LogP contribution is -2.52. The number of piperidine rings is 1. The number of halogens is 1. The van der Waals surface area contributed by atoms with Crippen molar-refractivity contribution in [3.8, 4) is 0 Å². The van der Waals surface area contributed by atoms with Gasteiger partial charge in [-0.05, 0) is 37.1 Å². The molecule has 3 N–H and O–H groups in total. The Labute approximate surface area is 156 Å². The molecular formula is C18H23ClN4O3. The first kappa shape index (κ1) is 18.5. The van der Waals surface area contributed by atoms with Gasteiger partial charge < -0.3 is 25.2 Å². The van der Waals surface area contributed by atoms with Gasteiger partial charge in [-0.3, -0.25) is 4.79 Å². The van der Waals surface area contributed by atoms with Crippen LogP contribution in [-0.2, 0) is 11.3 Å². The van der Waals surface area contributed by atoms with Crippen LogP contribution < -0.4 is 5.32 Å². The standard InChI is InChI=1S/C18H23ClN4O3/c1-22(15-3-2-6-23(10-15)17(25)11-24)18(26)20-9-14-8-12-7-13(19)4-5-16(12)21-14/h4-5,7-8,15,21,24H,2-3,6,9-11H2,1H3,(H,20,26)/t15-/m1/s1. The molecule has 2 heterocycles. The average molecular weight is 379 g/mol. The van der Waals surface area contributed by atoms with Crippen LogP contribution in [0.5, 0.6) is 0 Å². The third kappa shape index (κ3) is 4.11. The van der Waals surface area contributed by atoms with Gasteiger partial charge in [-0.2, -0.15) is 0 Å². The molecule has 0 bridgehead atoms. The minimum absolute atomic E-state index is 0.0548. The van der Waals surface area contributed by atoms with Gasteiger partial charge in [-0.1, -0.05) is 11.6 Å². The van der Waals surface area contributed by atoms with E-state index in [4.69, 9.17) is 16.7 Å². The number of nitrogens with one attached hydrogen (secondary N) is 2. The number of aromatic amines is 1. The van der Waals surface area contributed by atoms with Crippen molar-refractivity contribution in [1.29, 1.82) is 0 Å². The molecular weight excluding hydrogens is 356 g/mol. The SMILES string of the molecule is CN(C(=O)NCc1cc2cc(Cl)ccc2[nH]1)[C@@H]1CCCN(C(=O)CO)C1. The van der Waals surface area contributed by atoms with Gasteiger partial charge in [0, 0.05) is 41.8 Å². The third-order valence-electron chi connectivity index (χ3n) is 4.82. The highest BCUT2D eigenvalue weighted by Crippen LogP contribution is 2.20. The van der Waals surface area contributed by atoms with E-state index >= 15 is 0 Å². The molecule has 1 saturated heterocycles. The summed E-state index contributed by atoms with van der Waals surface area (Å²) >= 11 is 5.99. The van der Waals surface area contributed by atoms with E-state index in [1.54, 1.807) is 16.8 Å². The van der Waals surface area contributed by atoms with Gasteiger partial charge in [-0.25, -0.2) is 4.79 Å². The van der Waals surface area contributed by atoms with Crippen LogP contribution in [-0.4, -0.2) is 64.6 Å². The van der Waals surface area contributed by atoms with E-state index < -0.39 is 6.61 Å². The Morgan fingerprint density at radius 3 is 3.00 bits per heavy atom. The van der Waals surface area contributed by atoms with E-state index in [2.05, 4.69) is 10.3 Å². The van der Waals surface area contributed by atoms with Crippen LogP contribution in [0.3, 0.4) is 0 Å². The van der Waals surface area contributed by atoms with Crippen LogP contribution in [0, 0.1) is 0 Å². The first-order valence-electron chi connectivity index (χ1n) is 8.64. The Balaban J connectivity index is 1.57. The molecule has 1 aromatic carbocycles. The number of urea groups is 1. The molecule has 26 heavy (non-hydrogen) atoms. The van der Waals surface area contributed by atoms with E-state index in [-0.39, 0.29) is 18.0 Å². The molecule has 1 atom stereocenters. The fraction of sp³-hybridized carbons (Fsp3) is 0.444. The molecule has 1 fully saturated rings. The molecule has 1 aliphatic heterocycles. The molecule has 0 spiro atoms. The number of amides is 3. The van der Waals surface area contributed by atoms with Crippen LogP contribution in [0.25, 0.3) is 10.9 Å². The Bertz CT molecular complexity index is 807. The summed E-state index contributed by atoms with van der Waals surface area (Å²) in [7, 11) is 1.73. The van der Waals surface area contributed by atoms with Gasteiger partial charge in [0.25, 0.3) is 0 Å². The van der Waals surface area contributed by atoms with Gasteiger partial charge in [0.15, 0.2) is 0 Å². The maximum atomic E-state index is 12.5. The molecule has 0 unspecified atom stereocenters. The fourth-order valence-electron chi connectivity index (χ4n) is 3.32. The van der Waals surface area contributed by atoms with Gasteiger partial charge in [-0.15, -0.1) is 0 Å². The van der Waals surface area contributed by atoms with Crippen LogP contribution in [0.15, 0.2) is 24.3 Å². The molecule has 0 aliphatic carbocycles. The molecule has 140 valence electrons. The lowest BCUT2D eigenvalue weighted by atomic mass is 10.0. The van der Waals surface area contributed by atoms with Gasteiger partial charge >= 0.3 is 6.03 Å². The van der Waals surface area contributed by atoms with E-state index in [9.17, 15) is 9.59 Å². The molecule has 1 aromatic heterocycles. The first-order chi connectivity index (χ1) is 12.5. The number of nitrogens with zero attached hydrogens (tertiary/aromatic N) is 2. The van der Waals surface area contributed by atoms with Crippen LogP contribution >= 0.6 is 11.6 Å². The van der Waals surface area contributed by atoms with E-state index in [0.717, 1.165) is 29.4 Å². The highest BCUT2D eigenvalue weighted by Gasteiger charge is 2.28. The topological polar surface area (TPSA) is 88.7 Å². The predicted molar refractivity (Wildman–Crippen MR) is 100.0 cm³/mol. The number of hydrogen-bond donors (Lipinski definition) is 3. The molecule has 7 nitrogen and oxygen atoms in total. The zero-order valence-electron chi connectivity index (χ0n) is 14.7. The second kappa shape index (κ2) is 7.97. The second-order valence-corrected chi connectivity index (χ2v) is 7.03. The minimum Gasteiger partial charge on any atom is -0.387 e. The number of benzene rings is 1. The lowest BCUT2D eigenvalue weighted by Gasteiger charge is -2.37. The maximum Gasteiger partial charge on any atom is 0.317 e. The number of aliphatic hydroxyl groups excluding tert-OH is 1. The maximum absolute atomic E-state index is 12.5. The van der Waals surface area contributed by atoms with Crippen molar-refractivity contribution in [2.75, 3.05) is 26.7 Å². The number of aromatic nitrogens is 1. The van der Waals surface area contributed by atoms with Crippen molar-refractivity contribution in [1.82, 2.24) is 20.1 Å². The van der Waals surface area contributed by atoms with E-state index in [0.29, 0.717) is 24.7 Å². The number of rotatable bonds is 4. The van der Waals surface area contributed by atoms with Crippen molar-refractivity contribution >= 4 is 34.4 Å². The summed E-state index contributed by atoms with van der Waals surface area (Å²) in [4.78, 5) is 30.6. The summed E-state index contributed by atoms with van der Waals surface area (Å²) in [5.41, 5.74) is 1.86. The Morgan fingerprint density at radius 1 is 1.42 bits per heavy atom. The zero-order valence-corrected chi connectivity index (χ0v) is 15.4. The summed E-state index contributed by atoms with van der Waals surface area (Å²) in [5.74, 6) is -0.291. The molecule has 2 aromatic rings. The quantitative estimate of drug-likeness (QED) is 0.759. The number of H-pyrrole nitrogens is 1. The first-order valence-corrected chi connectivity index (χ1v) is 9.02. The summed E-state index contributed by atoms with van der Waals surface area (Å²) in [6.45, 7) is 0.964. The number of carbonyl (C=O) groups is 2. The van der Waals surface area contributed by atoms with Crippen LogP contribution in [0.2, 0.25) is 5.02 Å². The largest absolute Gasteiger partial charge is 0.387 e. The number of likely N-dealkylation sites (N-methyl/N-ethyl adjacent to an activating group) is 1. The summed E-state index contributed by atoms with van der Waals surface area (Å²) in [5, 5.41) is 13.6. The monoisotopic (exact) mass is 378 g/mol. The van der Waals surface area contributed by atoms with Crippen molar-refractivity contribution in [2.24, 2.45) is 0 Å². The van der Waals surface area contributed by atoms with Crippen molar-refractivity contribution in [3.63, 3.8) is 0 Å². The van der Waals surface area contributed by atoms with E-state index in [1.165, 1.54) is 0 Å². The number of fused-ring (bicyclic) bond motifs is 1. The number of likely N-dealkylation sites (tertiary alicyclic amines) is 1. The summed E-state index contributed by atoms with van der Waals surface area (Å²) in [6.07, 6.45) is 1.65. The van der Waals surface area contributed by atoms with Crippen molar-refractivity contribution in [2.45, 2.75) is 25.4 Å². The number of aliphatic hydroxyl groups is 1. The molecule has 8 heteroatoms. The molecule has 3 rings (SSSR count). The molecule has 1 aliphatic rings. The molecule has 0 saturated carbocycles. The normalized spacial score (nSPS) is 17.3. The molecule has 3 amide bonds. The number of carbonyl (C=O) groups excluding carboxylic acids is 2. The van der Waals surface area contributed by atoms with Gasteiger partial charge in [0.05, 0.1) is 12.6 Å². The van der Waals surface area contributed by atoms with Gasteiger partial charge in [0.2, 0.25) is 5.91 Å². The van der Waals surface area contributed by atoms with Gasteiger partial charge in [0.1, 0.15) is 6.61 Å². The predicted octanol–water partition coefficient (Wildman–Crippen LogP) is 1.95. The highest BCUT2D eigenvalue weighted by atomic mass is 35.5. The van der Waals surface area contributed by atoms with Crippen molar-refractivity contribution in [3.05, 3.63) is 35.0 Å². The third-order valence-corrected chi connectivity index (χ3v) is 5.06. The number of hydrogen-bond acceptors (Lipinski definition) is 3. The smallest absolute Gasteiger partial charge is 0.317 e.